The number of benzene rings is 4. The Morgan fingerprint density at radius 1 is 0.800 bits per heavy atom. The molecule has 0 amide bonds. The number of aromatic amines is 1. The van der Waals surface area contributed by atoms with E-state index in [2.05, 4.69) is 143 Å². The topological polar surface area (TPSA) is 25.6 Å². The zero-order chi connectivity index (χ0) is 26.8. The molecular weight excluding hydrogens is 486 g/mol. The first kappa shape index (κ1) is 22.9. The molecule has 4 aromatic carbocycles. The number of H-pyrrole nitrogens is 1. The molecule has 1 aliphatic rings. The van der Waals surface area contributed by atoms with Crippen LogP contribution in [-0.2, 0) is 6.42 Å². The zero-order valence-corrected chi connectivity index (χ0v) is 22.5. The van der Waals surface area contributed by atoms with Gasteiger partial charge in [0.1, 0.15) is 0 Å². The molecule has 8 rings (SSSR count). The lowest BCUT2D eigenvalue weighted by Crippen LogP contribution is -2.00. The second-order valence-corrected chi connectivity index (χ2v) is 10.7. The normalized spacial score (nSPS) is 13.3. The van der Waals surface area contributed by atoms with E-state index in [4.69, 9.17) is 0 Å². The fourth-order valence-electron chi connectivity index (χ4n) is 6.59. The van der Waals surface area contributed by atoms with Crippen molar-refractivity contribution < 1.29 is 0 Å². The summed E-state index contributed by atoms with van der Waals surface area (Å²) in [4.78, 5) is 3.65. The molecule has 40 heavy (non-hydrogen) atoms. The maximum Gasteiger partial charge on any atom is 0.0540 e. The van der Waals surface area contributed by atoms with Crippen molar-refractivity contribution in [1.29, 1.82) is 0 Å². The molecule has 0 unspecified atom stereocenters. The quantitative estimate of drug-likeness (QED) is 0.226. The van der Waals surface area contributed by atoms with E-state index in [0.717, 1.165) is 29.7 Å². The monoisotopic (exact) mass is 515 g/mol. The Labute approximate surface area is 233 Å². The molecule has 3 heterocycles. The van der Waals surface area contributed by atoms with Gasteiger partial charge in [-0.25, -0.2) is 0 Å². The summed E-state index contributed by atoms with van der Waals surface area (Å²) in [6.07, 6.45) is 11.1. The second-order valence-electron chi connectivity index (χ2n) is 10.7. The first-order chi connectivity index (χ1) is 19.7. The first-order valence-electron chi connectivity index (χ1n) is 14.0. The van der Waals surface area contributed by atoms with Crippen molar-refractivity contribution in [3.8, 4) is 5.69 Å². The molecule has 1 aliphatic carbocycles. The van der Waals surface area contributed by atoms with Crippen LogP contribution in [0.25, 0.3) is 67.1 Å². The highest BCUT2D eigenvalue weighted by atomic mass is 15.0. The Hall–Kier alpha value is -5.02. The van der Waals surface area contributed by atoms with Crippen LogP contribution in [0.5, 0.6) is 0 Å². The molecule has 0 saturated heterocycles. The van der Waals surface area contributed by atoms with Crippen LogP contribution in [0.4, 0.5) is 0 Å². The summed E-state index contributed by atoms with van der Waals surface area (Å²) in [7, 11) is 0. The van der Waals surface area contributed by atoms with Crippen molar-refractivity contribution in [1.82, 2.24) is 14.1 Å². The number of rotatable bonds is 4. The summed E-state index contributed by atoms with van der Waals surface area (Å²) >= 11 is 0. The number of allylic oxidation sites excluding steroid dienone is 3. The number of aromatic nitrogens is 3. The van der Waals surface area contributed by atoms with Crippen LogP contribution in [0.3, 0.4) is 0 Å². The molecule has 0 atom stereocenters. The first-order valence-corrected chi connectivity index (χ1v) is 14.0. The molecule has 0 saturated carbocycles. The van der Waals surface area contributed by atoms with Gasteiger partial charge in [-0.1, -0.05) is 67.3 Å². The van der Waals surface area contributed by atoms with Crippen LogP contribution in [0.2, 0.25) is 0 Å². The Morgan fingerprint density at radius 3 is 2.23 bits per heavy atom. The summed E-state index contributed by atoms with van der Waals surface area (Å²) in [6, 6.07) is 32.7. The largest absolute Gasteiger partial charge is 0.355 e. The number of fused-ring (bicyclic) bond motifs is 7. The molecule has 1 N–H and O–H groups in total. The molecule has 7 aromatic rings. The minimum Gasteiger partial charge on any atom is -0.355 e. The highest BCUT2D eigenvalue weighted by Crippen LogP contribution is 2.36. The summed E-state index contributed by atoms with van der Waals surface area (Å²) in [5, 5.41) is 5.10. The predicted molar refractivity (Wildman–Crippen MR) is 171 cm³/mol. The number of hydrogen-bond donors (Lipinski definition) is 1. The van der Waals surface area contributed by atoms with Crippen molar-refractivity contribution >= 4 is 61.5 Å². The zero-order valence-electron chi connectivity index (χ0n) is 22.5. The molecule has 192 valence electrons. The van der Waals surface area contributed by atoms with Crippen LogP contribution in [-0.4, -0.2) is 14.1 Å². The van der Waals surface area contributed by atoms with Gasteiger partial charge in [0.2, 0.25) is 0 Å². The maximum atomic E-state index is 4.47. The minimum absolute atomic E-state index is 0.938. The molecule has 0 bridgehead atoms. The number of nitrogens with zero attached hydrogens (tertiary/aromatic N) is 2. The van der Waals surface area contributed by atoms with Gasteiger partial charge in [-0.3, -0.25) is 0 Å². The molecule has 3 heteroatoms. The third-order valence-electron chi connectivity index (χ3n) is 8.51. The van der Waals surface area contributed by atoms with E-state index >= 15 is 0 Å². The average molecular weight is 516 g/mol. The van der Waals surface area contributed by atoms with Gasteiger partial charge in [-0.15, -0.1) is 0 Å². The molecule has 0 aliphatic heterocycles. The number of aryl methyl sites for hydroxylation is 2. The van der Waals surface area contributed by atoms with E-state index < -0.39 is 0 Å². The van der Waals surface area contributed by atoms with E-state index in [1.54, 1.807) is 0 Å². The van der Waals surface area contributed by atoms with Gasteiger partial charge in [-0.05, 0) is 85.5 Å². The van der Waals surface area contributed by atoms with E-state index in [1.807, 2.05) is 0 Å². The van der Waals surface area contributed by atoms with Gasteiger partial charge >= 0.3 is 0 Å². The molecular formula is C37H29N3. The highest BCUT2D eigenvalue weighted by molar-refractivity contribution is 6.10. The van der Waals surface area contributed by atoms with Crippen LogP contribution in [0.1, 0.15) is 28.9 Å². The summed E-state index contributed by atoms with van der Waals surface area (Å²) < 4.78 is 4.68. The third kappa shape index (κ3) is 3.31. The van der Waals surface area contributed by atoms with E-state index in [9.17, 15) is 0 Å². The van der Waals surface area contributed by atoms with Gasteiger partial charge in [0.05, 0.1) is 16.6 Å². The lowest BCUT2D eigenvalue weighted by atomic mass is 10.0. The number of hydrogen-bond acceptors (Lipinski definition) is 0. The fourth-order valence-corrected chi connectivity index (χ4v) is 6.59. The summed E-state index contributed by atoms with van der Waals surface area (Å²) in [5.41, 5.74) is 12.0. The summed E-state index contributed by atoms with van der Waals surface area (Å²) in [6.45, 7) is 6.67. The van der Waals surface area contributed by atoms with Crippen LogP contribution >= 0.6 is 0 Å². The van der Waals surface area contributed by atoms with Gasteiger partial charge in [0, 0.05) is 49.8 Å². The van der Waals surface area contributed by atoms with Gasteiger partial charge in [0.25, 0.3) is 0 Å². The molecule has 0 radical (unpaired) electrons. The van der Waals surface area contributed by atoms with Crippen molar-refractivity contribution in [3.05, 3.63) is 132 Å². The fraction of sp³-hybridized carbons (Fsp3) is 0.0811. The van der Waals surface area contributed by atoms with Crippen molar-refractivity contribution in [3.63, 3.8) is 0 Å². The predicted octanol–water partition coefficient (Wildman–Crippen LogP) is 9.67. The second kappa shape index (κ2) is 8.75. The van der Waals surface area contributed by atoms with E-state index in [0.29, 0.717) is 0 Å². The summed E-state index contributed by atoms with van der Waals surface area (Å²) in [5.74, 6) is 0. The van der Waals surface area contributed by atoms with Crippen molar-refractivity contribution in [2.24, 2.45) is 0 Å². The molecule has 0 fully saturated rings. The average Bonchev–Trinajstić information content (AvgIpc) is 3.63. The Bertz CT molecular complexity index is 2140. The molecule has 0 spiro atoms. The SMILES string of the molecule is C=C(/C=C\c1[nH]c2ccc(-n3c4c(c5ccccc53)CCC=C4)cc2c1C)n1c2ccccc2c2ccccc21. The minimum atomic E-state index is 0.938. The van der Waals surface area contributed by atoms with E-state index in [-0.39, 0.29) is 0 Å². The Kier molecular flexibility index (Phi) is 5.02. The smallest absolute Gasteiger partial charge is 0.0540 e. The van der Waals surface area contributed by atoms with Gasteiger partial charge in [-0.2, -0.15) is 0 Å². The van der Waals surface area contributed by atoms with Gasteiger partial charge < -0.3 is 14.1 Å². The molecule has 3 aromatic heterocycles. The van der Waals surface area contributed by atoms with E-state index in [1.165, 1.54) is 60.6 Å². The Balaban J connectivity index is 1.21. The standard InChI is InChI=1S/C37H29N3/c1-24(39-34-15-7-3-11-27(34)28-12-4-8-16-35(28)39)19-21-32-25(2)31-23-26(20-22-33(31)38-32)40-36-17-9-5-13-29(36)30-14-6-10-18-37(30)40/h3-5,7-13,15-23,38H,1,6,14H2,2H3/b21-19-. The van der Waals surface area contributed by atoms with Crippen molar-refractivity contribution in [2.75, 3.05) is 0 Å². The van der Waals surface area contributed by atoms with Crippen molar-refractivity contribution in [2.45, 2.75) is 19.8 Å². The maximum absolute atomic E-state index is 4.47. The lowest BCUT2D eigenvalue weighted by Gasteiger charge is -2.12. The molecule has 3 nitrogen and oxygen atoms in total. The number of para-hydroxylation sites is 3. The lowest BCUT2D eigenvalue weighted by molar-refractivity contribution is 0.968. The highest BCUT2D eigenvalue weighted by Gasteiger charge is 2.19. The van der Waals surface area contributed by atoms with Crippen LogP contribution < -0.4 is 0 Å². The Morgan fingerprint density at radius 2 is 1.48 bits per heavy atom. The van der Waals surface area contributed by atoms with Crippen LogP contribution in [0.15, 0.2) is 110 Å². The number of nitrogens with one attached hydrogen (secondary N) is 1. The van der Waals surface area contributed by atoms with Gasteiger partial charge in [0.15, 0.2) is 0 Å². The van der Waals surface area contributed by atoms with Crippen LogP contribution in [0, 0.1) is 6.92 Å². The third-order valence-corrected chi connectivity index (χ3v) is 8.51.